The van der Waals surface area contributed by atoms with Crippen LogP contribution in [0.1, 0.15) is 22.8 Å². The average Bonchev–Trinajstić information content (AvgIpc) is 2.53. The SMILES string of the molecule is CCOc1ccccc1CNC(=O)c1cc(F)ccc1[N+](=O)[O-]. The molecule has 0 spiro atoms. The molecule has 0 saturated carbocycles. The van der Waals surface area contributed by atoms with E-state index >= 15 is 0 Å². The molecule has 0 aliphatic carbocycles. The summed E-state index contributed by atoms with van der Waals surface area (Å²) in [7, 11) is 0. The second-order valence-corrected chi connectivity index (χ2v) is 4.64. The summed E-state index contributed by atoms with van der Waals surface area (Å²) in [6, 6.07) is 9.88. The third kappa shape index (κ3) is 4.03. The van der Waals surface area contributed by atoms with Crippen LogP contribution in [0, 0.1) is 15.9 Å². The molecule has 0 aromatic heterocycles. The number of amides is 1. The highest BCUT2D eigenvalue weighted by atomic mass is 19.1. The molecular formula is C16H15FN2O4. The normalized spacial score (nSPS) is 10.2. The summed E-state index contributed by atoms with van der Waals surface area (Å²) in [5.41, 5.74) is -0.0346. The molecule has 120 valence electrons. The second-order valence-electron chi connectivity index (χ2n) is 4.64. The summed E-state index contributed by atoms with van der Waals surface area (Å²) >= 11 is 0. The summed E-state index contributed by atoms with van der Waals surface area (Å²) in [5.74, 6) is -0.818. The van der Waals surface area contributed by atoms with Crippen LogP contribution < -0.4 is 10.1 Å². The highest BCUT2D eigenvalue weighted by Gasteiger charge is 2.20. The molecule has 0 heterocycles. The molecule has 0 aliphatic heterocycles. The van der Waals surface area contributed by atoms with Crippen molar-refractivity contribution < 1.29 is 18.8 Å². The van der Waals surface area contributed by atoms with Crippen LogP contribution in [0.5, 0.6) is 5.75 Å². The van der Waals surface area contributed by atoms with E-state index in [2.05, 4.69) is 5.32 Å². The van der Waals surface area contributed by atoms with Crippen molar-refractivity contribution in [2.24, 2.45) is 0 Å². The molecule has 0 radical (unpaired) electrons. The van der Waals surface area contributed by atoms with Crippen molar-refractivity contribution in [3.63, 3.8) is 0 Å². The Hall–Kier alpha value is -2.96. The third-order valence-electron chi connectivity index (χ3n) is 3.11. The Morgan fingerprint density at radius 3 is 2.74 bits per heavy atom. The van der Waals surface area contributed by atoms with Crippen molar-refractivity contribution in [2.75, 3.05) is 6.61 Å². The zero-order valence-corrected chi connectivity index (χ0v) is 12.4. The standard InChI is InChI=1S/C16H15FN2O4/c1-2-23-15-6-4-3-5-11(15)10-18-16(20)13-9-12(17)7-8-14(13)19(21)22/h3-9H,2,10H2,1H3,(H,18,20). The van der Waals surface area contributed by atoms with E-state index in [0.29, 0.717) is 12.4 Å². The summed E-state index contributed by atoms with van der Waals surface area (Å²) < 4.78 is 18.7. The van der Waals surface area contributed by atoms with Crippen molar-refractivity contribution in [1.82, 2.24) is 5.32 Å². The molecule has 0 aliphatic rings. The largest absolute Gasteiger partial charge is 0.494 e. The lowest BCUT2D eigenvalue weighted by Gasteiger charge is -2.11. The predicted octanol–water partition coefficient (Wildman–Crippen LogP) is 3.06. The number of halogens is 1. The molecule has 1 N–H and O–H groups in total. The van der Waals surface area contributed by atoms with Crippen molar-refractivity contribution in [3.8, 4) is 5.75 Å². The number of benzene rings is 2. The molecule has 0 saturated heterocycles. The van der Waals surface area contributed by atoms with Crippen molar-refractivity contribution in [2.45, 2.75) is 13.5 Å². The van der Waals surface area contributed by atoms with Gasteiger partial charge in [-0.2, -0.15) is 0 Å². The summed E-state index contributed by atoms with van der Waals surface area (Å²) in [6.07, 6.45) is 0. The Labute approximate surface area is 132 Å². The smallest absolute Gasteiger partial charge is 0.282 e. The Kier molecular flexibility index (Phi) is 5.24. The van der Waals surface area contributed by atoms with Gasteiger partial charge in [0, 0.05) is 18.2 Å². The van der Waals surface area contributed by atoms with E-state index in [1.54, 1.807) is 24.3 Å². The lowest BCUT2D eigenvalue weighted by atomic mass is 10.1. The lowest BCUT2D eigenvalue weighted by Crippen LogP contribution is -2.24. The highest BCUT2D eigenvalue weighted by Crippen LogP contribution is 2.21. The monoisotopic (exact) mass is 318 g/mol. The van der Waals surface area contributed by atoms with Gasteiger partial charge in [0.15, 0.2) is 0 Å². The van der Waals surface area contributed by atoms with E-state index < -0.39 is 22.3 Å². The fourth-order valence-electron chi connectivity index (χ4n) is 2.07. The number of nitrogens with one attached hydrogen (secondary N) is 1. The Morgan fingerprint density at radius 2 is 2.04 bits per heavy atom. The first kappa shape index (κ1) is 16.4. The zero-order valence-electron chi connectivity index (χ0n) is 12.4. The van der Waals surface area contributed by atoms with E-state index in [4.69, 9.17) is 4.74 Å². The maximum absolute atomic E-state index is 13.3. The molecule has 1 amide bonds. The van der Waals surface area contributed by atoms with Gasteiger partial charge in [-0.3, -0.25) is 14.9 Å². The number of ether oxygens (including phenoxy) is 1. The minimum Gasteiger partial charge on any atom is -0.494 e. The zero-order chi connectivity index (χ0) is 16.8. The fourth-order valence-corrected chi connectivity index (χ4v) is 2.07. The van der Waals surface area contributed by atoms with Crippen molar-refractivity contribution >= 4 is 11.6 Å². The average molecular weight is 318 g/mol. The number of nitro groups is 1. The number of nitro benzene ring substituents is 1. The molecule has 2 rings (SSSR count). The van der Waals surface area contributed by atoms with Crippen molar-refractivity contribution in [3.05, 3.63) is 69.5 Å². The molecule has 2 aromatic rings. The van der Waals surface area contributed by atoms with Gasteiger partial charge in [-0.25, -0.2) is 4.39 Å². The Balaban J connectivity index is 2.18. The van der Waals surface area contributed by atoms with Gasteiger partial charge >= 0.3 is 0 Å². The lowest BCUT2D eigenvalue weighted by molar-refractivity contribution is -0.385. The highest BCUT2D eigenvalue weighted by molar-refractivity contribution is 5.98. The Morgan fingerprint density at radius 1 is 1.30 bits per heavy atom. The molecule has 23 heavy (non-hydrogen) atoms. The molecule has 6 nitrogen and oxygen atoms in total. The third-order valence-corrected chi connectivity index (χ3v) is 3.11. The second kappa shape index (κ2) is 7.35. The van der Waals surface area contributed by atoms with Gasteiger partial charge in [0.05, 0.1) is 11.5 Å². The van der Waals surface area contributed by atoms with Gasteiger partial charge in [0.1, 0.15) is 17.1 Å². The van der Waals surface area contributed by atoms with Crippen LogP contribution in [0.4, 0.5) is 10.1 Å². The summed E-state index contributed by atoms with van der Waals surface area (Å²) in [6.45, 7) is 2.43. The Bertz CT molecular complexity index is 734. The number of para-hydroxylation sites is 1. The van der Waals surface area contributed by atoms with Gasteiger partial charge in [-0.1, -0.05) is 18.2 Å². The maximum Gasteiger partial charge on any atom is 0.282 e. The summed E-state index contributed by atoms with van der Waals surface area (Å²) in [5, 5.41) is 13.5. The minimum absolute atomic E-state index is 0.114. The van der Waals surface area contributed by atoms with E-state index in [1.807, 2.05) is 6.92 Å². The predicted molar refractivity (Wildman–Crippen MR) is 81.8 cm³/mol. The molecular weight excluding hydrogens is 303 g/mol. The molecule has 0 bridgehead atoms. The molecule has 7 heteroatoms. The first-order chi connectivity index (χ1) is 11.0. The van der Waals surface area contributed by atoms with Gasteiger partial charge in [-0.05, 0) is 25.1 Å². The van der Waals surface area contributed by atoms with Crippen LogP contribution in [0.25, 0.3) is 0 Å². The first-order valence-electron chi connectivity index (χ1n) is 6.95. The number of hydrogen-bond donors (Lipinski definition) is 1. The number of carbonyl (C=O) groups excluding carboxylic acids is 1. The number of rotatable bonds is 6. The molecule has 0 unspecified atom stereocenters. The van der Waals surface area contributed by atoms with Crippen LogP contribution in [-0.2, 0) is 6.54 Å². The number of carbonyl (C=O) groups is 1. The summed E-state index contributed by atoms with van der Waals surface area (Å²) in [4.78, 5) is 22.4. The van der Waals surface area contributed by atoms with Gasteiger partial charge in [-0.15, -0.1) is 0 Å². The van der Waals surface area contributed by atoms with E-state index in [-0.39, 0.29) is 12.1 Å². The van der Waals surface area contributed by atoms with Gasteiger partial charge in [0.25, 0.3) is 11.6 Å². The molecule has 2 aromatic carbocycles. The quantitative estimate of drug-likeness (QED) is 0.655. The van der Waals surface area contributed by atoms with Crippen LogP contribution >= 0.6 is 0 Å². The van der Waals surface area contributed by atoms with Crippen LogP contribution in [0.15, 0.2) is 42.5 Å². The number of hydrogen-bond acceptors (Lipinski definition) is 4. The topological polar surface area (TPSA) is 81.5 Å². The van der Waals surface area contributed by atoms with Crippen LogP contribution in [0.2, 0.25) is 0 Å². The van der Waals surface area contributed by atoms with E-state index in [0.717, 1.165) is 23.8 Å². The van der Waals surface area contributed by atoms with Crippen molar-refractivity contribution in [1.29, 1.82) is 0 Å². The van der Waals surface area contributed by atoms with Crippen LogP contribution in [0.3, 0.4) is 0 Å². The van der Waals surface area contributed by atoms with E-state index in [9.17, 15) is 19.3 Å². The number of nitrogens with zero attached hydrogens (tertiary/aromatic N) is 1. The molecule has 0 atom stereocenters. The van der Waals surface area contributed by atoms with Gasteiger partial charge < -0.3 is 10.1 Å². The molecule has 0 fully saturated rings. The van der Waals surface area contributed by atoms with E-state index in [1.165, 1.54) is 0 Å². The minimum atomic E-state index is -0.720. The maximum atomic E-state index is 13.3. The van der Waals surface area contributed by atoms with Crippen LogP contribution in [-0.4, -0.2) is 17.4 Å². The fraction of sp³-hybridized carbons (Fsp3) is 0.188. The van der Waals surface area contributed by atoms with Gasteiger partial charge in [0.2, 0.25) is 0 Å². The first-order valence-corrected chi connectivity index (χ1v) is 6.95.